The molecule has 2 nitrogen and oxygen atoms in total. The quantitative estimate of drug-likeness (QED) is 0.843. The molecule has 2 heteroatoms. The Morgan fingerprint density at radius 3 is 2.82 bits per heavy atom. The van der Waals surface area contributed by atoms with Crippen LogP contribution >= 0.6 is 0 Å². The number of hydrogen-bond donors (Lipinski definition) is 1. The Labute approximate surface area is 105 Å². The molecule has 0 aromatic heterocycles. The van der Waals surface area contributed by atoms with Gasteiger partial charge in [-0.15, -0.1) is 0 Å². The third-order valence-electron chi connectivity index (χ3n) is 3.53. The van der Waals surface area contributed by atoms with Crippen LogP contribution in [0.1, 0.15) is 31.4 Å². The summed E-state index contributed by atoms with van der Waals surface area (Å²) in [7, 11) is 0. The summed E-state index contributed by atoms with van der Waals surface area (Å²) in [5.74, 6) is 0. The van der Waals surface area contributed by atoms with Crippen LogP contribution in [0.3, 0.4) is 0 Å². The molecule has 94 valence electrons. The van der Waals surface area contributed by atoms with E-state index in [0.29, 0.717) is 0 Å². The lowest BCUT2D eigenvalue weighted by Gasteiger charge is -2.30. The van der Waals surface area contributed by atoms with Gasteiger partial charge in [0.2, 0.25) is 0 Å². The summed E-state index contributed by atoms with van der Waals surface area (Å²) >= 11 is 0. The molecule has 0 atom stereocenters. The largest absolute Gasteiger partial charge is 0.310 e. The van der Waals surface area contributed by atoms with Gasteiger partial charge in [0.1, 0.15) is 0 Å². The van der Waals surface area contributed by atoms with Gasteiger partial charge in [0.05, 0.1) is 0 Å². The zero-order chi connectivity index (χ0) is 12.3. The van der Waals surface area contributed by atoms with Crippen LogP contribution in [0.4, 0.5) is 0 Å². The van der Waals surface area contributed by atoms with Crippen molar-refractivity contribution in [3.63, 3.8) is 0 Å². The first-order valence-electron chi connectivity index (χ1n) is 6.59. The smallest absolute Gasteiger partial charge is 0.0252 e. The molecule has 1 heterocycles. The van der Waals surface area contributed by atoms with E-state index >= 15 is 0 Å². The van der Waals surface area contributed by atoms with Crippen molar-refractivity contribution in [2.24, 2.45) is 0 Å². The molecule has 1 saturated heterocycles. The molecule has 0 saturated carbocycles. The van der Waals surface area contributed by atoms with Gasteiger partial charge >= 0.3 is 0 Å². The average molecular weight is 232 g/mol. The van der Waals surface area contributed by atoms with Crippen molar-refractivity contribution in [3.05, 3.63) is 35.4 Å². The van der Waals surface area contributed by atoms with Gasteiger partial charge in [-0.3, -0.25) is 4.90 Å². The Balaban J connectivity index is 2.05. The Bertz CT molecular complexity index is 371. The first kappa shape index (κ1) is 12.6. The average Bonchev–Trinajstić information content (AvgIpc) is 2.43. The topological polar surface area (TPSA) is 15.3 Å². The first-order valence-corrected chi connectivity index (χ1v) is 6.59. The normalized spacial score (nSPS) is 21.1. The second kappa shape index (κ2) is 5.19. The van der Waals surface area contributed by atoms with Crippen LogP contribution in [-0.4, -0.2) is 30.1 Å². The van der Waals surface area contributed by atoms with Gasteiger partial charge in [0.15, 0.2) is 0 Å². The van der Waals surface area contributed by atoms with Crippen molar-refractivity contribution in [1.29, 1.82) is 0 Å². The monoisotopic (exact) mass is 232 g/mol. The standard InChI is InChI=1S/C15H24N2/c1-13-7-4-5-8-14(13)11-17-10-6-9-16-15(2,3)12-17/h4-5,7-8,16H,6,9-12H2,1-3H3. The SMILES string of the molecule is Cc1ccccc1CN1CCCNC(C)(C)C1. The van der Waals surface area contributed by atoms with Crippen LogP contribution in [0.15, 0.2) is 24.3 Å². The fourth-order valence-electron chi connectivity index (χ4n) is 2.59. The minimum atomic E-state index is 0.235. The molecule has 1 N–H and O–H groups in total. The van der Waals surface area contributed by atoms with Crippen molar-refractivity contribution in [3.8, 4) is 0 Å². The van der Waals surface area contributed by atoms with E-state index in [1.807, 2.05) is 0 Å². The molecule has 0 spiro atoms. The predicted molar refractivity (Wildman–Crippen MR) is 73.2 cm³/mol. The van der Waals surface area contributed by atoms with Crippen LogP contribution in [-0.2, 0) is 6.54 Å². The maximum atomic E-state index is 3.61. The lowest BCUT2D eigenvalue weighted by atomic mass is 10.0. The van der Waals surface area contributed by atoms with Crippen LogP contribution in [0, 0.1) is 6.92 Å². The van der Waals surface area contributed by atoms with Crippen molar-refractivity contribution in [1.82, 2.24) is 10.2 Å². The summed E-state index contributed by atoms with van der Waals surface area (Å²) in [6.07, 6.45) is 1.25. The van der Waals surface area contributed by atoms with Gasteiger partial charge in [-0.25, -0.2) is 0 Å². The predicted octanol–water partition coefficient (Wildman–Crippen LogP) is 2.57. The van der Waals surface area contributed by atoms with Gasteiger partial charge < -0.3 is 5.32 Å². The van der Waals surface area contributed by atoms with E-state index in [0.717, 1.165) is 19.6 Å². The summed E-state index contributed by atoms with van der Waals surface area (Å²) in [6.45, 7) is 11.3. The second-order valence-electron chi connectivity index (χ2n) is 5.80. The third-order valence-corrected chi connectivity index (χ3v) is 3.53. The van der Waals surface area contributed by atoms with Crippen LogP contribution in [0.25, 0.3) is 0 Å². The maximum absolute atomic E-state index is 3.61. The zero-order valence-electron chi connectivity index (χ0n) is 11.3. The molecule has 0 aliphatic carbocycles. The summed E-state index contributed by atoms with van der Waals surface area (Å²) in [4.78, 5) is 2.57. The van der Waals surface area contributed by atoms with Crippen LogP contribution in [0.5, 0.6) is 0 Å². The first-order chi connectivity index (χ1) is 8.07. The lowest BCUT2D eigenvalue weighted by molar-refractivity contribution is 0.223. The summed E-state index contributed by atoms with van der Waals surface area (Å²) in [6, 6.07) is 8.72. The highest BCUT2D eigenvalue weighted by Crippen LogP contribution is 2.15. The molecule has 0 radical (unpaired) electrons. The van der Waals surface area contributed by atoms with E-state index in [2.05, 4.69) is 55.3 Å². The highest BCUT2D eigenvalue weighted by molar-refractivity contribution is 5.25. The van der Waals surface area contributed by atoms with Crippen LogP contribution in [0.2, 0.25) is 0 Å². The number of benzene rings is 1. The van der Waals surface area contributed by atoms with E-state index in [9.17, 15) is 0 Å². The molecule has 1 aliphatic heterocycles. The number of nitrogens with one attached hydrogen (secondary N) is 1. The Morgan fingerprint density at radius 1 is 1.29 bits per heavy atom. The fourth-order valence-corrected chi connectivity index (χ4v) is 2.59. The number of hydrogen-bond acceptors (Lipinski definition) is 2. The highest BCUT2D eigenvalue weighted by Gasteiger charge is 2.23. The van der Waals surface area contributed by atoms with E-state index in [-0.39, 0.29) is 5.54 Å². The van der Waals surface area contributed by atoms with Crippen molar-refractivity contribution >= 4 is 0 Å². The van der Waals surface area contributed by atoms with Gasteiger partial charge in [0, 0.05) is 18.6 Å². The fraction of sp³-hybridized carbons (Fsp3) is 0.600. The maximum Gasteiger partial charge on any atom is 0.0252 e. The molecular weight excluding hydrogens is 208 g/mol. The molecule has 1 aliphatic rings. The molecule has 0 bridgehead atoms. The number of aryl methyl sites for hydroxylation is 1. The lowest BCUT2D eigenvalue weighted by Crippen LogP contribution is -2.46. The summed E-state index contributed by atoms with van der Waals surface area (Å²) < 4.78 is 0. The molecule has 2 rings (SSSR count). The minimum absolute atomic E-state index is 0.235. The van der Waals surface area contributed by atoms with Gasteiger partial charge in [-0.2, -0.15) is 0 Å². The summed E-state index contributed by atoms with van der Waals surface area (Å²) in [5, 5.41) is 3.61. The molecule has 1 aromatic carbocycles. The molecule has 1 aromatic rings. The second-order valence-corrected chi connectivity index (χ2v) is 5.80. The minimum Gasteiger partial charge on any atom is -0.310 e. The molecule has 0 amide bonds. The van der Waals surface area contributed by atoms with E-state index < -0.39 is 0 Å². The van der Waals surface area contributed by atoms with Crippen LogP contribution < -0.4 is 5.32 Å². The Morgan fingerprint density at radius 2 is 2.06 bits per heavy atom. The highest BCUT2D eigenvalue weighted by atomic mass is 15.2. The number of nitrogens with zero attached hydrogens (tertiary/aromatic N) is 1. The molecule has 0 unspecified atom stereocenters. The van der Waals surface area contributed by atoms with Gasteiger partial charge in [-0.05, 0) is 51.4 Å². The Kier molecular flexibility index (Phi) is 3.85. The molecular formula is C15H24N2. The Hall–Kier alpha value is -0.860. The van der Waals surface area contributed by atoms with Crippen molar-refractivity contribution in [2.75, 3.05) is 19.6 Å². The summed E-state index contributed by atoms with van der Waals surface area (Å²) in [5.41, 5.74) is 3.10. The van der Waals surface area contributed by atoms with E-state index in [1.165, 1.54) is 24.1 Å². The van der Waals surface area contributed by atoms with Gasteiger partial charge in [0.25, 0.3) is 0 Å². The third kappa shape index (κ3) is 3.55. The zero-order valence-corrected chi connectivity index (χ0v) is 11.3. The number of rotatable bonds is 2. The molecule has 17 heavy (non-hydrogen) atoms. The van der Waals surface area contributed by atoms with Gasteiger partial charge in [-0.1, -0.05) is 24.3 Å². The molecule has 1 fully saturated rings. The van der Waals surface area contributed by atoms with E-state index in [1.54, 1.807) is 0 Å². The van der Waals surface area contributed by atoms with E-state index in [4.69, 9.17) is 0 Å². The van der Waals surface area contributed by atoms with Crippen molar-refractivity contribution < 1.29 is 0 Å². The van der Waals surface area contributed by atoms with Crippen molar-refractivity contribution in [2.45, 2.75) is 39.3 Å².